The smallest absolute Gasteiger partial charge is 0.288 e. The molecular formula is C22H19Cl2N6O3S+. The number of carbonyl (C=O) groups is 2. The molecule has 9 nitrogen and oxygen atoms in total. The number of para-hydroxylation sites is 1. The van der Waals surface area contributed by atoms with Crippen molar-refractivity contribution in [1.29, 1.82) is 0 Å². The third-order valence-electron chi connectivity index (χ3n) is 4.59. The first-order valence-corrected chi connectivity index (χ1v) is 11.7. The second-order valence-electron chi connectivity index (χ2n) is 7.21. The van der Waals surface area contributed by atoms with Crippen molar-refractivity contribution in [3.63, 3.8) is 0 Å². The quantitative estimate of drug-likeness (QED) is 0.396. The second-order valence-corrected chi connectivity index (χ2v) is 8.96. The highest BCUT2D eigenvalue weighted by Crippen LogP contribution is 2.32. The summed E-state index contributed by atoms with van der Waals surface area (Å²) in [6.45, 7) is 0. The Morgan fingerprint density at radius 2 is 1.88 bits per heavy atom. The maximum absolute atomic E-state index is 13.3. The molecule has 1 aliphatic heterocycles. The summed E-state index contributed by atoms with van der Waals surface area (Å²) in [5, 5.41) is 9.22. The van der Waals surface area contributed by atoms with Crippen molar-refractivity contribution in [2.24, 2.45) is 4.99 Å². The van der Waals surface area contributed by atoms with Crippen LogP contribution >= 0.6 is 35.0 Å². The molecule has 0 fully saturated rings. The Morgan fingerprint density at radius 3 is 2.53 bits per heavy atom. The number of benzene rings is 2. The van der Waals surface area contributed by atoms with Gasteiger partial charge in [0, 0.05) is 15.6 Å². The van der Waals surface area contributed by atoms with Crippen LogP contribution in [-0.2, 0) is 9.59 Å². The van der Waals surface area contributed by atoms with Gasteiger partial charge in [-0.15, -0.1) is 0 Å². The highest BCUT2D eigenvalue weighted by atomic mass is 35.5. The molecule has 1 aliphatic rings. The molecule has 0 unspecified atom stereocenters. The van der Waals surface area contributed by atoms with Gasteiger partial charge in [-0.25, -0.2) is 4.99 Å². The van der Waals surface area contributed by atoms with Crippen LogP contribution in [0.5, 0.6) is 0 Å². The van der Waals surface area contributed by atoms with Crippen molar-refractivity contribution < 1.29 is 18.9 Å². The van der Waals surface area contributed by atoms with Crippen LogP contribution < -0.4 is 20.0 Å². The molecule has 3 aromatic rings. The number of nitrogens with one attached hydrogen (secondary N) is 1. The number of amides is 2. The minimum Gasteiger partial charge on any atom is -0.288 e. The predicted molar refractivity (Wildman–Crippen MR) is 134 cm³/mol. The molecule has 0 saturated heterocycles. The Labute approximate surface area is 209 Å². The van der Waals surface area contributed by atoms with Gasteiger partial charge in [-0.1, -0.05) is 59.2 Å². The van der Waals surface area contributed by atoms with Crippen LogP contribution in [0.4, 0.5) is 11.6 Å². The van der Waals surface area contributed by atoms with Gasteiger partial charge in [-0.3, -0.25) is 24.3 Å². The summed E-state index contributed by atoms with van der Waals surface area (Å²) in [6, 6.07) is 14.1. The number of halogens is 2. The Morgan fingerprint density at radius 1 is 1.18 bits per heavy atom. The van der Waals surface area contributed by atoms with Gasteiger partial charge in [-0.2, -0.15) is 5.01 Å². The Bertz CT molecular complexity index is 1270. The molecule has 0 bridgehead atoms. The van der Waals surface area contributed by atoms with E-state index in [0.717, 1.165) is 11.8 Å². The highest BCUT2D eigenvalue weighted by molar-refractivity contribution is 8.14. The number of aromatic nitrogens is 2. The lowest BCUT2D eigenvalue weighted by atomic mass is 10.2. The number of nitrogens with zero attached hydrogens (tertiary/aromatic N) is 5. The number of thioether (sulfide) groups is 1. The summed E-state index contributed by atoms with van der Waals surface area (Å²) in [5.41, 5.74) is 1.27. The van der Waals surface area contributed by atoms with Crippen molar-refractivity contribution in [2.75, 3.05) is 35.1 Å². The van der Waals surface area contributed by atoms with Crippen LogP contribution in [0.1, 0.15) is 5.56 Å². The van der Waals surface area contributed by atoms with Crippen molar-refractivity contribution in [1.82, 2.24) is 5.27 Å². The van der Waals surface area contributed by atoms with Crippen LogP contribution in [0.25, 0.3) is 6.08 Å². The van der Waals surface area contributed by atoms with Crippen molar-refractivity contribution in [2.45, 2.75) is 0 Å². The standard InChI is InChI=1S/C22H18Cl2N6O3S/c1-28(2)29-12-20(33-27-29)26-19(31)13-34-22-25-18(11-15-16(23)9-6-10-17(15)24)21(32)30(22)14-7-4-3-5-8-14/h3-12H,13H2,1-2H3/p+1/b18-11-. The van der Waals surface area contributed by atoms with Crippen molar-refractivity contribution >= 4 is 69.6 Å². The second kappa shape index (κ2) is 10.3. The highest BCUT2D eigenvalue weighted by Gasteiger charge is 2.32. The van der Waals surface area contributed by atoms with E-state index in [1.165, 1.54) is 15.9 Å². The number of carbonyl (C=O) groups excluding carboxylic acids is 2. The molecule has 2 aromatic carbocycles. The Hall–Kier alpha value is -3.34. The lowest BCUT2D eigenvalue weighted by Crippen LogP contribution is -2.53. The molecule has 174 valence electrons. The van der Waals surface area contributed by atoms with Crippen molar-refractivity contribution in [3.05, 3.63) is 76.0 Å². The molecular weight excluding hydrogens is 499 g/mol. The molecule has 0 saturated carbocycles. The maximum atomic E-state index is 13.3. The first-order chi connectivity index (χ1) is 16.3. The average Bonchev–Trinajstić information content (AvgIpc) is 3.40. The van der Waals surface area contributed by atoms with Gasteiger partial charge in [0.2, 0.25) is 11.2 Å². The molecule has 1 N–H and O–H groups in total. The van der Waals surface area contributed by atoms with Gasteiger partial charge < -0.3 is 0 Å². The summed E-state index contributed by atoms with van der Waals surface area (Å²) in [7, 11) is 3.55. The maximum Gasteiger partial charge on any atom is 0.305 e. The summed E-state index contributed by atoms with van der Waals surface area (Å²) in [6.07, 6.45) is 3.08. The van der Waals surface area contributed by atoms with E-state index in [1.807, 2.05) is 18.2 Å². The molecule has 4 rings (SSSR count). The number of hydrogen-bond acceptors (Lipinski definition) is 7. The summed E-state index contributed by atoms with van der Waals surface area (Å²) in [5.74, 6) is -0.523. The van der Waals surface area contributed by atoms with E-state index in [-0.39, 0.29) is 29.1 Å². The van der Waals surface area contributed by atoms with E-state index in [9.17, 15) is 9.59 Å². The third-order valence-corrected chi connectivity index (χ3v) is 6.18. The van der Waals surface area contributed by atoms with Gasteiger partial charge in [0.05, 0.1) is 30.3 Å². The van der Waals surface area contributed by atoms with E-state index in [0.29, 0.717) is 26.5 Å². The largest absolute Gasteiger partial charge is 0.305 e. The zero-order valence-electron chi connectivity index (χ0n) is 18.1. The lowest BCUT2D eigenvalue weighted by molar-refractivity contribution is -0.753. The SMILES string of the molecule is CN(C)[n+]1cc(NC(=O)CSC2=N/C(=C\c3c(Cl)cccc3Cl)C(=O)N2c2ccccc2)on1. The molecule has 0 atom stereocenters. The summed E-state index contributed by atoms with van der Waals surface area (Å²) < 4.78 is 5.08. The molecule has 2 amide bonds. The fourth-order valence-corrected chi connectivity index (χ4v) is 4.29. The molecule has 1 aromatic heterocycles. The first-order valence-electron chi connectivity index (χ1n) is 9.96. The lowest BCUT2D eigenvalue weighted by Gasteiger charge is -2.17. The summed E-state index contributed by atoms with van der Waals surface area (Å²) >= 11 is 13.6. The van der Waals surface area contributed by atoms with E-state index in [4.69, 9.17) is 27.7 Å². The fourth-order valence-electron chi connectivity index (χ4n) is 2.97. The van der Waals surface area contributed by atoms with Crippen LogP contribution in [0.3, 0.4) is 0 Å². The zero-order valence-corrected chi connectivity index (χ0v) is 20.4. The predicted octanol–water partition coefficient (Wildman–Crippen LogP) is 3.58. The Balaban J connectivity index is 1.57. The number of rotatable bonds is 6. The zero-order chi connectivity index (χ0) is 24.2. The minimum absolute atomic E-state index is 0.0156. The van der Waals surface area contributed by atoms with Gasteiger partial charge in [0.25, 0.3) is 12.1 Å². The van der Waals surface area contributed by atoms with Gasteiger partial charge in [0.15, 0.2) is 5.17 Å². The van der Waals surface area contributed by atoms with Gasteiger partial charge in [0.1, 0.15) is 5.70 Å². The van der Waals surface area contributed by atoms with Crippen molar-refractivity contribution in [3.8, 4) is 0 Å². The van der Waals surface area contributed by atoms with E-state index >= 15 is 0 Å². The van der Waals surface area contributed by atoms with E-state index in [1.54, 1.807) is 55.5 Å². The third kappa shape index (κ3) is 5.24. The topological polar surface area (TPSA) is 94.9 Å². The number of amidine groups is 1. The molecule has 12 heteroatoms. The van der Waals surface area contributed by atoms with Crippen LogP contribution in [0, 0.1) is 0 Å². The van der Waals surface area contributed by atoms with E-state index < -0.39 is 0 Å². The van der Waals surface area contributed by atoms with Crippen LogP contribution in [-0.4, -0.2) is 42.1 Å². The van der Waals surface area contributed by atoms with Crippen LogP contribution in [0.2, 0.25) is 10.0 Å². The summed E-state index contributed by atoms with van der Waals surface area (Å²) in [4.78, 5) is 33.1. The number of aliphatic imine (C=N–C) groups is 1. The Kier molecular flexibility index (Phi) is 7.20. The van der Waals surface area contributed by atoms with Gasteiger partial charge in [-0.05, 0) is 30.3 Å². The molecule has 0 aliphatic carbocycles. The molecule has 34 heavy (non-hydrogen) atoms. The molecule has 0 spiro atoms. The van der Waals surface area contributed by atoms with Gasteiger partial charge >= 0.3 is 5.88 Å². The van der Waals surface area contributed by atoms with Crippen LogP contribution in [0.15, 0.2) is 69.9 Å². The number of hydrogen-bond donors (Lipinski definition) is 1. The minimum atomic E-state index is -0.354. The number of anilines is 2. The molecule has 2 heterocycles. The monoisotopic (exact) mass is 517 g/mol. The molecule has 0 radical (unpaired) electrons. The van der Waals surface area contributed by atoms with E-state index in [2.05, 4.69) is 15.6 Å². The first kappa shape index (κ1) is 23.8. The normalized spacial score (nSPS) is 14.5. The average molecular weight is 518 g/mol. The fraction of sp³-hybridized carbons (Fsp3) is 0.136.